The maximum atomic E-state index is 12.4. The summed E-state index contributed by atoms with van der Waals surface area (Å²) in [6, 6.07) is 5.77. The Labute approximate surface area is 130 Å². The minimum Gasteiger partial charge on any atom is -0.342 e. The molecule has 2 aromatic rings. The van der Waals surface area contributed by atoms with Gasteiger partial charge in [0, 0.05) is 42.8 Å². The fraction of sp³-hybridized carbons (Fsp3) is 0.412. The van der Waals surface area contributed by atoms with Crippen molar-refractivity contribution in [3.63, 3.8) is 0 Å². The molecule has 114 valence electrons. The monoisotopic (exact) mass is 296 g/mol. The first-order valence-corrected chi connectivity index (χ1v) is 7.60. The van der Waals surface area contributed by atoms with Crippen molar-refractivity contribution in [2.75, 3.05) is 13.1 Å². The normalized spacial score (nSPS) is 17.7. The predicted octanol–water partition coefficient (Wildman–Crippen LogP) is 2.05. The number of carbonyl (C=O) groups excluding carboxylic acids is 1. The highest BCUT2D eigenvalue weighted by atomic mass is 16.2. The Kier molecular flexibility index (Phi) is 4.13. The number of rotatable bonds is 3. The molecule has 2 aromatic heterocycles. The van der Waals surface area contributed by atoms with E-state index in [2.05, 4.69) is 15.0 Å². The highest BCUT2D eigenvalue weighted by molar-refractivity contribution is 5.79. The van der Waals surface area contributed by atoms with Crippen molar-refractivity contribution < 1.29 is 4.79 Å². The molecule has 3 heterocycles. The standard InChI is InChI=1S/C17H20N4O/c1-12-8-13(2)20-17(19-12)15-5-7-21(11-15)16(22)9-14-4-3-6-18-10-14/h3-4,6,8,10,15H,5,7,9,11H2,1-2H3/t15-/m1/s1. The number of pyridine rings is 1. The summed E-state index contributed by atoms with van der Waals surface area (Å²) < 4.78 is 0. The van der Waals surface area contributed by atoms with Crippen LogP contribution in [0, 0.1) is 13.8 Å². The van der Waals surface area contributed by atoms with Crippen molar-refractivity contribution in [1.82, 2.24) is 19.9 Å². The van der Waals surface area contributed by atoms with E-state index in [1.807, 2.05) is 36.9 Å². The van der Waals surface area contributed by atoms with Crippen LogP contribution >= 0.6 is 0 Å². The van der Waals surface area contributed by atoms with E-state index in [0.29, 0.717) is 13.0 Å². The zero-order valence-corrected chi connectivity index (χ0v) is 13.0. The predicted molar refractivity (Wildman–Crippen MR) is 83.4 cm³/mol. The number of aryl methyl sites for hydroxylation is 2. The largest absolute Gasteiger partial charge is 0.342 e. The summed E-state index contributed by atoms with van der Waals surface area (Å²) in [6.07, 6.45) is 4.81. The molecular weight excluding hydrogens is 276 g/mol. The molecule has 5 nitrogen and oxygen atoms in total. The van der Waals surface area contributed by atoms with Crippen molar-refractivity contribution in [3.05, 3.63) is 53.4 Å². The van der Waals surface area contributed by atoms with Gasteiger partial charge in [-0.25, -0.2) is 9.97 Å². The van der Waals surface area contributed by atoms with E-state index in [-0.39, 0.29) is 11.8 Å². The van der Waals surface area contributed by atoms with E-state index in [0.717, 1.165) is 35.7 Å². The first-order valence-electron chi connectivity index (χ1n) is 7.60. The van der Waals surface area contributed by atoms with Gasteiger partial charge in [0.15, 0.2) is 0 Å². The Morgan fingerprint density at radius 1 is 1.32 bits per heavy atom. The molecule has 22 heavy (non-hydrogen) atoms. The summed E-state index contributed by atoms with van der Waals surface area (Å²) in [5, 5.41) is 0. The zero-order chi connectivity index (χ0) is 15.5. The summed E-state index contributed by atoms with van der Waals surface area (Å²) in [7, 11) is 0. The molecule has 0 bridgehead atoms. The molecule has 0 radical (unpaired) electrons. The number of carbonyl (C=O) groups is 1. The second kappa shape index (κ2) is 6.22. The highest BCUT2D eigenvalue weighted by Gasteiger charge is 2.29. The van der Waals surface area contributed by atoms with Crippen LogP contribution in [-0.4, -0.2) is 38.8 Å². The molecule has 0 spiro atoms. The van der Waals surface area contributed by atoms with E-state index >= 15 is 0 Å². The minimum atomic E-state index is 0.153. The first-order chi connectivity index (χ1) is 10.6. The molecule has 0 saturated carbocycles. The molecule has 1 aliphatic heterocycles. The summed E-state index contributed by atoms with van der Waals surface area (Å²) in [5.41, 5.74) is 2.93. The van der Waals surface area contributed by atoms with E-state index in [1.54, 1.807) is 12.4 Å². The van der Waals surface area contributed by atoms with Crippen LogP contribution in [0.25, 0.3) is 0 Å². The quantitative estimate of drug-likeness (QED) is 0.870. The first kappa shape index (κ1) is 14.6. The van der Waals surface area contributed by atoms with Crippen molar-refractivity contribution in [1.29, 1.82) is 0 Å². The summed E-state index contributed by atoms with van der Waals surface area (Å²) in [6.45, 7) is 5.46. The molecule has 0 N–H and O–H groups in total. The molecule has 1 atom stereocenters. The van der Waals surface area contributed by atoms with Crippen LogP contribution in [0.4, 0.5) is 0 Å². The Hall–Kier alpha value is -2.30. The van der Waals surface area contributed by atoms with Crippen molar-refractivity contribution in [2.45, 2.75) is 32.6 Å². The molecule has 0 aromatic carbocycles. The number of nitrogens with zero attached hydrogens (tertiary/aromatic N) is 4. The van der Waals surface area contributed by atoms with Gasteiger partial charge >= 0.3 is 0 Å². The van der Waals surface area contributed by atoms with Gasteiger partial charge in [-0.3, -0.25) is 9.78 Å². The number of hydrogen-bond donors (Lipinski definition) is 0. The van der Waals surface area contributed by atoms with Crippen molar-refractivity contribution in [3.8, 4) is 0 Å². The van der Waals surface area contributed by atoms with E-state index < -0.39 is 0 Å². The minimum absolute atomic E-state index is 0.153. The highest BCUT2D eigenvalue weighted by Crippen LogP contribution is 2.25. The molecular formula is C17H20N4O. The Morgan fingerprint density at radius 2 is 2.09 bits per heavy atom. The number of amides is 1. The lowest BCUT2D eigenvalue weighted by molar-refractivity contribution is -0.129. The second-order valence-electron chi connectivity index (χ2n) is 5.87. The second-order valence-corrected chi connectivity index (χ2v) is 5.87. The Bertz CT molecular complexity index is 651. The number of hydrogen-bond acceptors (Lipinski definition) is 4. The summed E-state index contributed by atoms with van der Waals surface area (Å²) in [4.78, 5) is 27.4. The fourth-order valence-electron chi connectivity index (χ4n) is 2.92. The SMILES string of the molecule is Cc1cc(C)nc([C@@H]2CCN(C(=O)Cc3cccnc3)C2)n1. The molecule has 1 saturated heterocycles. The van der Waals surface area contributed by atoms with Crippen molar-refractivity contribution in [2.24, 2.45) is 0 Å². The molecule has 1 fully saturated rings. The van der Waals surface area contributed by atoms with Crippen LogP contribution in [0.3, 0.4) is 0 Å². The van der Waals surface area contributed by atoms with Gasteiger partial charge in [-0.1, -0.05) is 6.07 Å². The lowest BCUT2D eigenvalue weighted by Crippen LogP contribution is -2.30. The van der Waals surface area contributed by atoms with Crippen LogP contribution < -0.4 is 0 Å². The van der Waals surface area contributed by atoms with Gasteiger partial charge in [0.05, 0.1) is 6.42 Å². The zero-order valence-electron chi connectivity index (χ0n) is 13.0. The summed E-state index contributed by atoms with van der Waals surface area (Å²) >= 11 is 0. The van der Waals surface area contributed by atoms with Gasteiger partial charge in [0.25, 0.3) is 0 Å². The van der Waals surface area contributed by atoms with Crippen LogP contribution in [0.15, 0.2) is 30.6 Å². The third-order valence-corrected chi connectivity index (χ3v) is 3.98. The third kappa shape index (κ3) is 3.30. The molecule has 1 aliphatic rings. The molecule has 3 rings (SSSR count). The van der Waals surface area contributed by atoms with Gasteiger partial charge in [-0.15, -0.1) is 0 Å². The lowest BCUT2D eigenvalue weighted by Gasteiger charge is -2.16. The number of aromatic nitrogens is 3. The van der Waals surface area contributed by atoms with Gasteiger partial charge in [0.2, 0.25) is 5.91 Å². The molecule has 5 heteroatoms. The Morgan fingerprint density at radius 3 is 2.77 bits per heavy atom. The summed E-state index contributed by atoms with van der Waals surface area (Å²) in [5.74, 6) is 1.27. The van der Waals surface area contributed by atoms with Gasteiger partial charge in [0.1, 0.15) is 5.82 Å². The van der Waals surface area contributed by atoms with E-state index in [9.17, 15) is 4.79 Å². The maximum Gasteiger partial charge on any atom is 0.227 e. The molecule has 0 aliphatic carbocycles. The van der Waals surface area contributed by atoms with Crippen LogP contribution in [0.2, 0.25) is 0 Å². The van der Waals surface area contributed by atoms with Crippen LogP contribution in [0.1, 0.15) is 35.1 Å². The van der Waals surface area contributed by atoms with Gasteiger partial charge in [-0.2, -0.15) is 0 Å². The van der Waals surface area contributed by atoms with Gasteiger partial charge < -0.3 is 4.90 Å². The topological polar surface area (TPSA) is 59.0 Å². The average molecular weight is 296 g/mol. The fourth-order valence-corrected chi connectivity index (χ4v) is 2.92. The maximum absolute atomic E-state index is 12.4. The molecule has 0 unspecified atom stereocenters. The third-order valence-electron chi connectivity index (χ3n) is 3.98. The van der Waals surface area contributed by atoms with Crippen LogP contribution in [0.5, 0.6) is 0 Å². The van der Waals surface area contributed by atoms with E-state index in [1.165, 1.54) is 0 Å². The Balaban J connectivity index is 1.65. The van der Waals surface area contributed by atoms with Gasteiger partial charge in [-0.05, 0) is 38.0 Å². The van der Waals surface area contributed by atoms with Crippen LogP contribution in [-0.2, 0) is 11.2 Å². The molecule has 1 amide bonds. The van der Waals surface area contributed by atoms with Crippen molar-refractivity contribution >= 4 is 5.91 Å². The van der Waals surface area contributed by atoms with E-state index in [4.69, 9.17) is 0 Å². The smallest absolute Gasteiger partial charge is 0.227 e. The lowest BCUT2D eigenvalue weighted by atomic mass is 10.1. The average Bonchev–Trinajstić information content (AvgIpc) is 2.97. The number of likely N-dealkylation sites (tertiary alicyclic amines) is 1.